The van der Waals surface area contributed by atoms with E-state index in [4.69, 9.17) is 4.74 Å². The van der Waals surface area contributed by atoms with E-state index >= 15 is 0 Å². The number of aryl methyl sites for hydroxylation is 1. The average molecular weight is 239 g/mol. The molecule has 4 nitrogen and oxygen atoms in total. The molecule has 17 heavy (non-hydrogen) atoms. The maximum atomic E-state index is 5.66. The summed E-state index contributed by atoms with van der Waals surface area (Å²) in [4.78, 5) is 0. The van der Waals surface area contributed by atoms with Crippen LogP contribution in [0.5, 0.6) is 0 Å². The van der Waals surface area contributed by atoms with Gasteiger partial charge in [-0.3, -0.25) is 4.68 Å². The molecule has 0 spiro atoms. The van der Waals surface area contributed by atoms with E-state index in [0.717, 1.165) is 39.1 Å². The molecule has 1 heterocycles. The molecule has 1 atom stereocenters. The van der Waals surface area contributed by atoms with Crippen LogP contribution in [0.25, 0.3) is 0 Å². The summed E-state index contributed by atoms with van der Waals surface area (Å²) in [5.41, 5.74) is 1.22. The van der Waals surface area contributed by atoms with Gasteiger partial charge in [0.1, 0.15) is 0 Å². The molecule has 0 aliphatic rings. The molecule has 4 heteroatoms. The SMILES string of the molecule is CCCNC(COCCC)c1ccnn1CC. The zero-order valence-corrected chi connectivity index (χ0v) is 11.3. The van der Waals surface area contributed by atoms with Crippen molar-refractivity contribution >= 4 is 0 Å². The zero-order chi connectivity index (χ0) is 12.5. The molecule has 0 saturated carbocycles. The van der Waals surface area contributed by atoms with Crippen molar-refractivity contribution in [2.75, 3.05) is 19.8 Å². The van der Waals surface area contributed by atoms with Crippen LogP contribution in [0.4, 0.5) is 0 Å². The zero-order valence-electron chi connectivity index (χ0n) is 11.3. The van der Waals surface area contributed by atoms with Gasteiger partial charge < -0.3 is 10.1 Å². The van der Waals surface area contributed by atoms with Crippen molar-refractivity contribution in [1.29, 1.82) is 0 Å². The molecular weight excluding hydrogens is 214 g/mol. The fourth-order valence-corrected chi connectivity index (χ4v) is 1.82. The van der Waals surface area contributed by atoms with Gasteiger partial charge in [-0.2, -0.15) is 5.10 Å². The highest BCUT2D eigenvalue weighted by molar-refractivity contribution is 5.07. The minimum Gasteiger partial charge on any atom is -0.379 e. The first-order valence-electron chi connectivity index (χ1n) is 6.66. The first-order chi connectivity index (χ1) is 8.33. The Bertz CT molecular complexity index is 299. The monoisotopic (exact) mass is 239 g/mol. The Morgan fingerprint density at radius 3 is 2.82 bits per heavy atom. The largest absolute Gasteiger partial charge is 0.379 e. The number of rotatable bonds is 9. The van der Waals surface area contributed by atoms with E-state index in [1.54, 1.807) is 0 Å². The molecule has 98 valence electrons. The molecule has 0 radical (unpaired) electrons. The molecule has 0 amide bonds. The molecule has 1 rings (SSSR count). The second-order valence-electron chi connectivity index (χ2n) is 4.15. The van der Waals surface area contributed by atoms with Crippen LogP contribution in [-0.2, 0) is 11.3 Å². The van der Waals surface area contributed by atoms with Crippen LogP contribution in [0.2, 0.25) is 0 Å². The quantitative estimate of drug-likeness (QED) is 0.672. The van der Waals surface area contributed by atoms with Crippen LogP contribution in [0.3, 0.4) is 0 Å². The van der Waals surface area contributed by atoms with Crippen molar-refractivity contribution in [2.24, 2.45) is 0 Å². The highest BCUT2D eigenvalue weighted by Crippen LogP contribution is 2.13. The van der Waals surface area contributed by atoms with Gasteiger partial charge in [0.15, 0.2) is 0 Å². The fourth-order valence-electron chi connectivity index (χ4n) is 1.82. The lowest BCUT2D eigenvalue weighted by atomic mass is 10.2. The number of ether oxygens (including phenoxy) is 1. The van der Waals surface area contributed by atoms with Gasteiger partial charge in [-0.05, 0) is 32.4 Å². The summed E-state index contributed by atoms with van der Waals surface area (Å²) in [6.07, 6.45) is 4.05. The molecular formula is C13H25N3O. The van der Waals surface area contributed by atoms with E-state index in [2.05, 4.69) is 37.3 Å². The fraction of sp³-hybridized carbons (Fsp3) is 0.769. The van der Waals surface area contributed by atoms with E-state index in [1.165, 1.54) is 5.69 Å². The molecule has 0 bridgehead atoms. The second kappa shape index (κ2) is 8.25. The average Bonchev–Trinajstić information content (AvgIpc) is 2.81. The van der Waals surface area contributed by atoms with Crippen LogP contribution < -0.4 is 5.32 Å². The Balaban J connectivity index is 2.60. The maximum absolute atomic E-state index is 5.66. The molecule has 0 saturated heterocycles. The Labute approximate surface area is 104 Å². The van der Waals surface area contributed by atoms with Gasteiger partial charge in [0, 0.05) is 19.3 Å². The number of hydrogen-bond donors (Lipinski definition) is 1. The van der Waals surface area contributed by atoms with E-state index in [0.29, 0.717) is 0 Å². The predicted molar refractivity (Wildman–Crippen MR) is 70.0 cm³/mol. The topological polar surface area (TPSA) is 39.1 Å². The highest BCUT2D eigenvalue weighted by Gasteiger charge is 2.14. The summed E-state index contributed by atoms with van der Waals surface area (Å²) in [5, 5.41) is 7.83. The maximum Gasteiger partial charge on any atom is 0.0729 e. The summed E-state index contributed by atoms with van der Waals surface area (Å²) in [6.45, 7) is 9.87. The number of nitrogens with zero attached hydrogens (tertiary/aromatic N) is 2. The third kappa shape index (κ3) is 4.48. The molecule has 0 aliphatic heterocycles. The minimum absolute atomic E-state index is 0.254. The third-order valence-electron chi connectivity index (χ3n) is 2.68. The van der Waals surface area contributed by atoms with E-state index in [1.807, 2.05) is 10.9 Å². The van der Waals surface area contributed by atoms with Crippen molar-refractivity contribution in [2.45, 2.75) is 46.2 Å². The van der Waals surface area contributed by atoms with Crippen LogP contribution in [-0.4, -0.2) is 29.5 Å². The Hall–Kier alpha value is -0.870. The van der Waals surface area contributed by atoms with Crippen molar-refractivity contribution in [1.82, 2.24) is 15.1 Å². The second-order valence-corrected chi connectivity index (χ2v) is 4.15. The van der Waals surface area contributed by atoms with Crippen molar-refractivity contribution in [3.63, 3.8) is 0 Å². The first kappa shape index (κ1) is 14.2. The highest BCUT2D eigenvalue weighted by atomic mass is 16.5. The summed E-state index contributed by atoms with van der Waals surface area (Å²) in [6, 6.07) is 2.33. The van der Waals surface area contributed by atoms with Gasteiger partial charge in [-0.15, -0.1) is 0 Å². The van der Waals surface area contributed by atoms with Crippen molar-refractivity contribution < 1.29 is 4.74 Å². The smallest absolute Gasteiger partial charge is 0.0729 e. The third-order valence-corrected chi connectivity index (χ3v) is 2.68. The lowest BCUT2D eigenvalue weighted by Crippen LogP contribution is -2.28. The molecule has 1 aromatic rings. The number of aromatic nitrogens is 2. The number of hydrogen-bond acceptors (Lipinski definition) is 3. The van der Waals surface area contributed by atoms with Crippen LogP contribution >= 0.6 is 0 Å². The molecule has 1 N–H and O–H groups in total. The summed E-state index contributed by atoms with van der Waals surface area (Å²) in [7, 11) is 0. The summed E-state index contributed by atoms with van der Waals surface area (Å²) in [5.74, 6) is 0. The van der Waals surface area contributed by atoms with Gasteiger partial charge in [0.05, 0.1) is 18.3 Å². The summed E-state index contributed by atoms with van der Waals surface area (Å²) < 4.78 is 7.69. The van der Waals surface area contributed by atoms with E-state index in [9.17, 15) is 0 Å². The van der Waals surface area contributed by atoms with Crippen LogP contribution in [0.1, 0.15) is 45.3 Å². The van der Waals surface area contributed by atoms with Crippen LogP contribution in [0.15, 0.2) is 12.3 Å². The van der Waals surface area contributed by atoms with Crippen LogP contribution in [0, 0.1) is 0 Å². The van der Waals surface area contributed by atoms with Gasteiger partial charge >= 0.3 is 0 Å². The first-order valence-corrected chi connectivity index (χ1v) is 6.66. The molecule has 1 aromatic heterocycles. The van der Waals surface area contributed by atoms with E-state index in [-0.39, 0.29) is 6.04 Å². The molecule has 0 aromatic carbocycles. The van der Waals surface area contributed by atoms with Gasteiger partial charge in [0.2, 0.25) is 0 Å². The Kier molecular flexibility index (Phi) is 6.89. The van der Waals surface area contributed by atoms with Crippen molar-refractivity contribution in [3.05, 3.63) is 18.0 Å². The standard InChI is InChI=1S/C13H25N3O/c1-4-8-14-12(11-17-10-5-2)13-7-9-15-16(13)6-3/h7,9,12,14H,4-6,8,10-11H2,1-3H3. The molecule has 0 aliphatic carbocycles. The molecule has 0 fully saturated rings. The van der Waals surface area contributed by atoms with E-state index < -0.39 is 0 Å². The molecule has 1 unspecified atom stereocenters. The van der Waals surface area contributed by atoms with Gasteiger partial charge in [-0.1, -0.05) is 13.8 Å². The lowest BCUT2D eigenvalue weighted by molar-refractivity contribution is 0.109. The van der Waals surface area contributed by atoms with Gasteiger partial charge in [-0.25, -0.2) is 0 Å². The number of nitrogens with one attached hydrogen (secondary N) is 1. The minimum atomic E-state index is 0.254. The normalized spacial score (nSPS) is 12.9. The Morgan fingerprint density at radius 2 is 2.18 bits per heavy atom. The summed E-state index contributed by atoms with van der Waals surface area (Å²) >= 11 is 0. The Morgan fingerprint density at radius 1 is 1.35 bits per heavy atom. The van der Waals surface area contributed by atoms with Crippen molar-refractivity contribution in [3.8, 4) is 0 Å². The van der Waals surface area contributed by atoms with Gasteiger partial charge in [0.25, 0.3) is 0 Å². The predicted octanol–water partition coefficient (Wildman–Crippen LogP) is 2.37. The lowest BCUT2D eigenvalue weighted by Gasteiger charge is -2.19.